The molecule has 0 saturated heterocycles. The average Bonchev–Trinajstić information content (AvgIpc) is 2.73. The van der Waals surface area contributed by atoms with Crippen molar-refractivity contribution in [2.24, 2.45) is 5.92 Å². The number of anilines is 1. The first-order valence-corrected chi connectivity index (χ1v) is 11.3. The van der Waals surface area contributed by atoms with Gasteiger partial charge in [0.15, 0.2) is 5.16 Å². The maximum atomic E-state index is 13.1. The van der Waals surface area contributed by atoms with E-state index in [9.17, 15) is 9.59 Å². The molecule has 0 bridgehead atoms. The molecule has 3 aromatic rings. The van der Waals surface area contributed by atoms with Gasteiger partial charge in [0.05, 0.1) is 16.2 Å². The number of carbonyl (C=O) groups excluding carboxylic acids is 1. The van der Waals surface area contributed by atoms with Crippen molar-refractivity contribution < 1.29 is 4.79 Å². The van der Waals surface area contributed by atoms with Gasteiger partial charge < -0.3 is 5.32 Å². The number of amides is 1. The standard InChI is InChI=1S/C24H29N3O2S/c1-5-18-10-12-19(13-11-18)25-22(28)17(4)30-24-26-21-9-7-6-8-20(21)23(29)27(24)15-14-16(2)3/h6-13,16-17H,5,14-15H2,1-4H3,(H,25,28)/t17-/m1/s1. The molecule has 1 N–H and O–H groups in total. The first kappa shape index (κ1) is 22.1. The van der Waals surface area contributed by atoms with Crippen LogP contribution in [-0.2, 0) is 17.8 Å². The van der Waals surface area contributed by atoms with Gasteiger partial charge >= 0.3 is 0 Å². The topological polar surface area (TPSA) is 64.0 Å². The van der Waals surface area contributed by atoms with E-state index < -0.39 is 5.25 Å². The lowest BCUT2D eigenvalue weighted by Crippen LogP contribution is -2.27. The molecule has 1 aromatic heterocycles. The zero-order chi connectivity index (χ0) is 21.7. The van der Waals surface area contributed by atoms with Crippen molar-refractivity contribution in [2.45, 2.75) is 57.5 Å². The van der Waals surface area contributed by atoms with Crippen LogP contribution < -0.4 is 10.9 Å². The Balaban J connectivity index is 1.84. The number of hydrogen-bond donors (Lipinski definition) is 1. The number of nitrogens with one attached hydrogen (secondary N) is 1. The van der Waals surface area contributed by atoms with E-state index in [4.69, 9.17) is 4.98 Å². The molecule has 0 unspecified atom stereocenters. The van der Waals surface area contributed by atoms with Crippen molar-refractivity contribution in [3.8, 4) is 0 Å². The van der Waals surface area contributed by atoms with E-state index in [1.165, 1.54) is 17.3 Å². The predicted molar refractivity (Wildman–Crippen MR) is 125 cm³/mol. The van der Waals surface area contributed by atoms with E-state index in [1.807, 2.05) is 49.4 Å². The van der Waals surface area contributed by atoms with E-state index in [-0.39, 0.29) is 11.5 Å². The highest BCUT2D eigenvalue weighted by molar-refractivity contribution is 8.00. The predicted octanol–water partition coefficient (Wildman–Crippen LogP) is 5.12. The fourth-order valence-corrected chi connectivity index (χ4v) is 4.04. The highest BCUT2D eigenvalue weighted by Crippen LogP contribution is 2.24. The quantitative estimate of drug-likeness (QED) is 0.403. The molecule has 1 heterocycles. The summed E-state index contributed by atoms with van der Waals surface area (Å²) in [5.74, 6) is 0.357. The molecule has 0 aliphatic heterocycles. The van der Waals surface area contributed by atoms with Gasteiger partial charge in [-0.1, -0.05) is 56.8 Å². The molecule has 3 rings (SSSR count). The molecule has 158 valence electrons. The first-order chi connectivity index (χ1) is 14.4. The molecule has 1 amide bonds. The van der Waals surface area contributed by atoms with Gasteiger partial charge in [0.25, 0.3) is 5.56 Å². The highest BCUT2D eigenvalue weighted by atomic mass is 32.2. The van der Waals surface area contributed by atoms with Crippen molar-refractivity contribution in [3.05, 3.63) is 64.4 Å². The third-order valence-electron chi connectivity index (χ3n) is 5.04. The molecule has 0 radical (unpaired) electrons. The van der Waals surface area contributed by atoms with Gasteiger partial charge in [-0.3, -0.25) is 14.2 Å². The molecule has 0 saturated carbocycles. The lowest BCUT2D eigenvalue weighted by Gasteiger charge is -2.17. The second-order valence-corrected chi connectivity index (χ2v) is 9.16. The lowest BCUT2D eigenvalue weighted by atomic mass is 10.1. The number of fused-ring (bicyclic) bond motifs is 1. The van der Waals surface area contributed by atoms with E-state index in [2.05, 4.69) is 26.1 Å². The second-order valence-electron chi connectivity index (χ2n) is 7.85. The summed E-state index contributed by atoms with van der Waals surface area (Å²) in [5.41, 5.74) is 2.61. The van der Waals surface area contributed by atoms with Gasteiger partial charge in [-0.05, 0) is 55.5 Å². The summed E-state index contributed by atoms with van der Waals surface area (Å²) in [7, 11) is 0. The Morgan fingerprint density at radius 1 is 1.10 bits per heavy atom. The molecule has 0 fully saturated rings. The smallest absolute Gasteiger partial charge is 0.262 e. The number of nitrogens with zero attached hydrogens (tertiary/aromatic N) is 2. The van der Waals surface area contributed by atoms with Crippen molar-refractivity contribution in [1.29, 1.82) is 0 Å². The third-order valence-corrected chi connectivity index (χ3v) is 6.13. The van der Waals surface area contributed by atoms with E-state index in [0.29, 0.717) is 28.5 Å². The Morgan fingerprint density at radius 3 is 2.47 bits per heavy atom. The molecule has 1 atom stereocenters. The largest absolute Gasteiger partial charge is 0.325 e. The molecule has 0 aliphatic rings. The van der Waals surface area contributed by atoms with Gasteiger partial charge in [0, 0.05) is 12.2 Å². The number of hydrogen-bond acceptors (Lipinski definition) is 4. The molecule has 5 nitrogen and oxygen atoms in total. The van der Waals surface area contributed by atoms with Crippen LogP contribution in [0.1, 0.15) is 39.7 Å². The molecular weight excluding hydrogens is 394 g/mol. The van der Waals surface area contributed by atoms with Gasteiger partial charge in [0.1, 0.15) is 0 Å². The number of benzene rings is 2. The maximum absolute atomic E-state index is 13.1. The summed E-state index contributed by atoms with van der Waals surface area (Å²) in [6.45, 7) is 8.79. The average molecular weight is 424 g/mol. The normalized spacial score (nSPS) is 12.3. The number of para-hydroxylation sites is 1. The van der Waals surface area contributed by atoms with Crippen molar-refractivity contribution in [2.75, 3.05) is 5.32 Å². The summed E-state index contributed by atoms with van der Waals surface area (Å²) in [6.07, 6.45) is 1.83. The van der Waals surface area contributed by atoms with Crippen LogP contribution in [0.2, 0.25) is 0 Å². The molecule has 6 heteroatoms. The summed E-state index contributed by atoms with van der Waals surface area (Å²) >= 11 is 1.33. The lowest BCUT2D eigenvalue weighted by molar-refractivity contribution is -0.115. The Hall–Kier alpha value is -2.60. The SMILES string of the molecule is CCc1ccc(NC(=O)[C@@H](C)Sc2nc3ccccc3c(=O)n2CCC(C)C)cc1. The summed E-state index contributed by atoms with van der Waals surface area (Å²) < 4.78 is 1.72. The Kier molecular flexibility index (Phi) is 7.32. The van der Waals surface area contributed by atoms with Crippen LogP contribution in [0.3, 0.4) is 0 Å². The van der Waals surface area contributed by atoms with Gasteiger partial charge in [-0.15, -0.1) is 0 Å². The summed E-state index contributed by atoms with van der Waals surface area (Å²) in [5, 5.41) is 3.76. The van der Waals surface area contributed by atoms with Crippen LogP contribution in [0.5, 0.6) is 0 Å². The molecular formula is C24H29N3O2S. The molecule has 2 aromatic carbocycles. The van der Waals surface area contributed by atoms with E-state index >= 15 is 0 Å². The first-order valence-electron chi connectivity index (χ1n) is 10.4. The molecule has 0 spiro atoms. The van der Waals surface area contributed by atoms with Crippen LogP contribution in [0, 0.1) is 5.92 Å². The minimum absolute atomic E-state index is 0.0495. The Labute approximate surface area is 181 Å². The van der Waals surface area contributed by atoms with Crippen LogP contribution >= 0.6 is 11.8 Å². The number of aromatic nitrogens is 2. The van der Waals surface area contributed by atoms with Crippen LogP contribution in [0.15, 0.2) is 58.5 Å². The summed E-state index contributed by atoms with van der Waals surface area (Å²) in [4.78, 5) is 30.5. The zero-order valence-corrected chi connectivity index (χ0v) is 18.8. The molecule has 30 heavy (non-hydrogen) atoms. The Bertz CT molecular complexity index is 1070. The van der Waals surface area contributed by atoms with E-state index in [1.54, 1.807) is 10.6 Å². The van der Waals surface area contributed by atoms with Crippen molar-refractivity contribution in [1.82, 2.24) is 9.55 Å². The minimum atomic E-state index is -0.394. The minimum Gasteiger partial charge on any atom is -0.325 e. The molecule has 0 aliphatic carbocycles. The van der Waals surface area contributed by atoms with Gasteiger partial charge in [-0.2, -0.15) is 0 Å². The second kappa shape index (κ2) is 9.94. The van der Waals surface area contributed by atoms with Gasteiger partial charge in [0.2, 0.25) is 5.91 Å². The highest BCUT2D eigenvalue weighted by Gasteiger charge is 2.19. The third kappa shape index (κ3) is 5.30. The van der Waals surface area contributed by atoms with Crippen LogP contribution in [0.4, 0.5) is 5.69 Å². The number of aryl methyl sites for hydroxylation is 1. The van der Waals surface area contributed by atoms with Gasteiger partial charge in [-0.25, -0.2) is 4.98 Å². The van der Waals surface area contributed by atoms with E-state index in [0.717, 1.165) is 18.5 Å². The van der Waals surface area contributed by atoms with Crippen LogP contribution in [-0.4, -0.2) is 20.7 Å². The van der Waals surface area contributed by atoms with Crippen LogP contribution in [0.25, 0.3) is 10.9 Å². The summed E-state index contributed by atoms with van der Waals surface area (Å²) in [6, 6.07) is 15.2. The maximum Gasteiger partial charge on any atom is 0.262 e. The van der Waals surface area contributed by atoms with Crippen molar-refractivity contribution >= 4 is 34.3 Å². The fraction of sp³-hybridized carbons (Fsp3) is 0.375. The fourth-order valence-electron chi connectivity index (χ4n) is 3.10. The number of rotatable bonds is 8. The Morgan fingerprint density at radius 2 is 1.80 bits per heavy atom. The zero-order valence-electron chi connectivity index (χ0n) is 18.0. The number of thioether (sulfide) groups is 1. The number of carbonyl (C=O) groups is 1. The van der Waals surface area contributed by atoms with Crippen molar-refractivity contribution in [3.63, 3.8) is 0 Å². The monoisotopic (exact) mass is 423 g/mol.